The van der Waals surface area contributed by atoms with E-state index in [9.17, 15) is 5.11 Å². The van der Waals surface area contributed by atoms with E-state index >= 15 is 0 Å². The van der Waals surface area contributed by atoms with Crippen molar-refractivity contribution in [2.75, 3.05) is 0 Å². The van der Waals surface area contributed by atoms with Gasteiger partial charge in [-0.15, -0.1) is 0 Å². The lowest BCUT2D eigenvalue weighted by molar-refractivity contribution is -0.138. The second kappa shape index (κ2) is 2.35. The Morgan fingerprint density at radius 1 is 1.89 bits per heavy atom. The molecule has 2 nitrogen and oxygen atoms in total. The number of hydrogen-bond acceptors (Lipinski definition) is 2. The molecular formula is C6H7IO2. The van der Waals surface area contributed by atoms with Gasteiger partial charge in [-0.1, -0.05) is 28.5 Å². The summed E-state index contributed by atoms with van der Waals surface area (Å²) >= 11 is 2.11. The van der Waals surface area contributed by atoms with Crippen LogP contribution in [0, 0.1) is 12.0 Å². The summed E-state index contributed by atoms with van der Waals surface area (Å²) in [5, 5.41) is 9.41. The summed E-state index contributed by atoms with van der Waals surface area (Å²) in [5.41, 5.74) is 0. The zero-order chi connectivity index (χ0) is 6.91. The monoisotopic (exact) mass is 238 g/mol. The molecule has 9 heavy (non-hydrogen) atoms. The Balaban J connectivity index is 2.57. The topological polar surface area (TPSA) is 29.5 Å². The Bertz CT molecular complexity index is 156. The molecule has 0 fully saturated rings. The van der Waals surface area contributed by atoms with Crippen molar-refractivity contribution in [1.82, 2.24) is 0 Å². The highest BCUT2D eigenvalue weighted by molar-refractivity contribution is 14.1. The maximum absolute atomic E-state index is 9.41. The van der Waals surface area contributed by atoms with Crippen molar-refractivity contribution in [2.45, 2.75) is 23.1 Å². The van der Waals surface area contributed by atoms with Gasteiger partial charge in [-0.3, -0.25) is 0 Å². The number of hydrogen-bond donors (Lipinski definition) is 1. The van der Waals surface area contributed by atoms with E-state index < -0.39 is 5.79 Å². The minimum absolute atomic E-state index is 0.0672. The molecule has 0 aliphatic carbocycles. The van der Waals surface area contributed by atoms with Crippen molar-refractivity contribution in [2.24, 2.45) is 0 Å². The molecular weight excluding hydrogens is 231 g/mol. The summed E-state index contributed by atoms with van der Waals surface area (Å²) in [5.74, 6) is 1.63. The molecule has 3 heteroatoms. The van der Waals surface area contributed by atoms with E-state index in [-0.39, 0.29) is 3.92 Å². The first-order valence-electron chi connectivity index (χ1n) is 2.67. The molecule has 0 aromatic rings. The molecule has 0 aromatic carbocycles. The minimum Gasteiger partial charge on any atom is -0.410 e. The molecule has 0 bridgehead atoms. The Kier molecular flexibility index (Phi) is 1.87. The van der Waals surface area contributed by atoms with Gasteiger partial charge in [-0.2, -0.15) is 0 Å². The molecule has 2 atom stereocenters. The van der Waals surface area contributed by atoms with Crippen molar-refractivity contribution in [1.29, 1.82) is 0 Å². The molecule has 0 aromatic heterocycles. The molecule has 1 aliphatic heterocycles. The molecule has 50 valence electrons. The number of rotatable bonds is 1. The number of aliphatic hydroxyl groups is 1. The van der Waals surface area contributed by atoms with E-state index in [4.69, 9.17) is 4.74 Å². The van der Waals surface area contributed by atoms with Crippen molar-refractivity contribution in [3.63, 3.8) is 0 Å². The molecule has 2 unspecified atom stereocenters. The number of halogens is 1. The maximum Gasteiger partial charge on any atom is 0.241 e. The molecule has 1 heterocycles. The van der Waals surface area contributed by atoms with Crippen LogP contribution in [0.15, 0.2) is 0 Å². The van der Waals surface area contributed by atoms with Gasteiger partial charge in [-0.25, -0.2) is 0 Å². The van der Waals surface area contributed by atoms with Crippen molar-refractivity contribution in [3.05, 3.63) is 0 Å². The lowest BCUT2D eigenvalue weighted by atomic mass is 10.2. The van der Waals surface area contributed by atoms with E-state index in [0.717, 1.165) is 0 Å². The Labute approximate surface area is 67.7 Å². The van der Waals surface area contributed by atoms with Crippen LogP contribution < -0.4 is 0 Å². The van der Waals surface area contributed by atoms with Crippen LogP contribution in [0.4, 0.5) is 0 Å². The molecule has 1 rings (SSSR count). The third-order valence-electron chi connectivity index (χ3n) is 1.26. The van der Waals surface area contributed by atoms with Gasteiger partial charge in [0.2, 0.25) is 5.79 Å². The van der Waals surface area contributed by atoms with Crippen molar-refractivity contribution < 1.29 is 9.84 Å². The van der Waals surface area contributed by atoms with Crippen LogP contribution in [0.5, 0.6) is 0 Å². The third-order valence-corrected chi connectivity index (χ3v) is 2.24. The van der Waals surface area contributed by atoms with E-state index in [1.807, 2.05) is 6.92 Å². The Morgan fingerprint density at radius 2 is 2.56 bits per heavy atom. The SMILES string of the molecule is CC(I)C1(O)CC#CO1. The fourth-order valence-electron chi connectivity index (χ4n) is 0.545. The molecule has 0 saturated carbocycles. The minimum atomic E-state index is -1.04. The quantitative estimate of drug-likeness (QED) is 0.417. The van der Waals surface area contributed by atoms with Crippen LogP contribution >= 0.6 is 22.6 Å². The van der Waals surface area contributed by atoms with Gasteiger partial charge in [0.1, 0.15) is 6.11 Å². The predicted molar refractivity (Wildman–Crippen MR) is 41.9 cm³/mol. The smallest absolute Gasteiger partial charge is 0.241 e. The van der Waals surface area contributed by atoms with E-state index in [1.54, 1.807) is 0 Å². The summed E-state index contributed by atoms with van der Waals surface area (Å²) in [6.07, 6.45) is 2.82. The standard InChI is InChI=1S/C6H7IO2/c1-5(7)6(8)3-2-4-9-6/h5,8H,3H2,1H3. The molecule has 0 spiro atoms. The summed E-state index contributed by atoms with van der Waals surface area (Å²) in [6, 6.07) is 0. The Morgan fingerprint density at radius 3 is 2.78 bits per heavy atom. The average Bonchev–Trinajstić information content (AvgIpc) is 2.16. The normalized spacial score (nSPS) is 34.6. The van der Waals surface area contributed by atoms with Crippen LogP contribution in [-0.4, -0.2) is 14.8 Å². The molecule has 1 N–H and O–H groups in total. The fraction of sp³-hybridized carbons (Fsp3) is 0.667. The highest BCUT2D eigenvalue weighted by Gasteiger charge is 2.35. The number of ether oxygens (including phenoxy) is 1. The van der Waals surface area contributed by atoms with Gasteiger partial charge in [0, 0.05) is 0 Å². The van der Waals surface area contributed by atoms with Gasteiger partial charge >= 0.3 is 0 Å². The lowest BCUT2D eigenvalue weighted by Crippen LogP contribution is -2.36. The van der Waals surface area contributed by atoms with Crippen molar-refractivity contribution in [3.8, 4) is 12.0 Å². The first-order valence-corrected chi connectivity index (χ1v) is 3.92. The largest absolute Gasteiger partial charge is 0.410 e. The first kappa shape index (κ1) is 7.16. The van der Waals surface area contributed by atoms with E-state index in [0.29, 0.717) is 6.42 Å². The van der Waals surface area contributed by atoms with Crippen LogP contribution in [0.3, 0.4) is 0 Å². The first-order chi connectivity index (χ1) is 4.15. The van der Waals surface area contributed by atoms with Crippen LogP contribution in [0.25, 0.3) is 0 Å². The molecule has 0 saturated heterocycles. The van der Waals surface area contributed by atoms with Gasteiger partial charge in [0.15, 0.2) is 0 Å². The lowest BCUT2D eigenvalue weighted by Gasteiger charge is -2.22. The Hall–Kier alpha value is 0.0500. The van der Waals surface area contributed by atoms with Gasteiger partial charge in [0.25, 0.3) is 0 Å². The number of alkyl halides is 1. The highest BCUT2D eigenvalue weighted by Crippen LogP contribution is 2.25. The third kappa shape index (κ3) is 1.30. The van der Waals surface area contributed by atoms with Crippen LogP contribution in [0.1, 0.15) is 13.3 Å². The van der Waals surface area contributed by atoms with Crippen LogP contribution in [0.2, 0.25) is 0 Å². The van der Waals surface area contributed by atoms with Crippen LogP contribution in [-0.2, 0) is 4.74 Å². The molecule has 0 radical (unpaired) electrons. The average molecular weight is 238 g/mol. The van der Waals surface area contributed by atoms with E-state index in [1.165, 1.54) is 0 Å². The second-order valence-electron chi connectivity index (χ2n) is 2.02. The highest BCUT2D eigenvalue weighted by atomic mass is 127. The van der Waals surface area contributed by atoms with Gasteiger partial charge in [0.05, 0.1) is 10.3 Å². The fourth-order valence-corrected chi connectivity index (χ4v) is 0.892. The summed E-state index contributed by atoms with van der Waals surface area (Å²) < 4.78 is 4.86. The van der Waals surface area contributed by atoms with Gasteiger partial charge in [-0.05, 0) is 6.92 Å². The summed E-state index contributed by atoms with van der Waals surface area (Å²) in [4.78, 5) is 0. The van der Waals surface area contributed by atoms with Gasteiger partial charge < -0.3 is 9.84 Å². The summed E-state index contributed by atoms with van der Waals surface area (Å²) in [6.45, 7) is 1.88. The van der Waals surface area contributed by atoms with E-state index in [2.05, 4.69) is 34.6 Å². The predicted octanol–water partition coefficient (Wildman–Crippen LogP) is 0.880. The summed E-state index contributed by atoms with van der Waals surface area (Å²) in [7, 11) is 0. The van der Waals surface area contributed by atoms with Crippen molar-refractivity contribution >= 4 is 22.6 Å². The zero-order valence-corrected chi connectivity index (χ0v) is 7.18. The zero-order valence-electron chi connectivity index (χ0n) is 5.02. The molecule has 0 amide bonds. The maximum atomic E-state index is 9.41. The second-order valence-corrected chi connectivity index (χ2v) is 3.89. The molecule has 1 aliphatic rings.